The van der Waals surface area contributed by atoms with Gasteiger partial charge in [-0.3, -0.25) is 0 Å². The van der Waals surface area contributed by atoms with E-state index in [2.05, 4.69) is 57.1 Å². The number of nitrogens with one attached hydrogen (secondary N) is 1. The van der Waals surface area contributed by atoms with Crippen LogP contribution < -0.4 is 5.32 Å². The smallest absolute Gasteiger partial charge is 0.0683 e. The molecule has 1 aromatic carbocycles. The van der Waals surface area contributed by atoms with Crippen LogP contribution in [-0.4, -0.2) is 6.54 Å². The van der Waals surface area contributed by atoms with Gasteiger partial charge in [0.1, 0.15) is 0 Å². The fraction of sp³-hybridized carbons (Fsp3) is 0.333. The molecule has 0 bridgehead atoms. The van der Waals surface area contributed by atoms with Gasteiger partial charge in [-0.1, -0.05) is 34.5 Å². The summed E-state index contributed by atoms with van der Waals surface area (Å²) < 4.78 is 2.25. The highest BCUT2D eigenvalue weighted by Gasteiger charge is 2.19. The normalized spacial score (nSPS) is 12.7. The number of thiophene rings is 1. The lowest BCUT2D eigenvalue weighted by Gasteiger charge is -2.19. The van der Waals surface area contributed by atoms with E-state index in [9.17, 15) is 0 Å². The highest BCUT2D eigenvalue weighted by atomic mass is 79.9. The van der Waals surface area contributed by atoms with Crippen molar-refractivity contribution in [3.05, 3.63) is 53.6 Å². The Morgan fingerprint density at radius 3 is 2.60 bits per heavy atom. The van der Waals surface area contributed by atoms with Crippen LogP contribution in [0.4, 0.5) is 0 Å². The van der Waals surface area contributed by atoms with Crippen molar-refractivity contribution in [3.8, 4) is 0 Å². The molecular weight excluding hydrogens is 422 g/mol. The first-order valence-electron chi connectivity index (χ1n) is 6.47. The molecule has 0 radical (unpaired) electrons. The lowest BCUT2D eigenvalue weighted by Crippen LogP contribution is -2.22. The van der Waals surface area contributed by atoms with Crippen LogP contribution >= 0.6 is 54.8 Å². The monoisotopic (exact) mass is 435 g/mol. The van der Waals surface area contributed by atoms with E-state index in [4.69, 9.17) is 11.6 Å². The number of halogens is 3. The summed E-state index contributed by atoms with van der Waals surface area (Å²) in [4.78, 5) is 2.59. The van der Waals surface area contributed by atoms with Gasteiger partial charge in [0.15, 0.2) is 0 Å². The first-order valence-corrected chi connectivity index (χ1v) is 9.25. The van der Waals surface area contributed by atoms with Crippen molar-refractivity contribution >= 4 is 54.8 Å². The molecule has 0 aliphatic rings. The molecule has 0 spiro atoms. The molecule has 1 aromatic heterocycles. The average Bonchev–Trinajstić information content (AvgIpc) is 2.74. The maximum Gasteiger partial charge on any atom is 0.0683 e. The Hall–Kier alpha value is 0.130. The summed E-state index contributed by atoms with van der Waals surface area (Å²) in [5.41, 5.74) is 1.18. The molecule has 0 saturated heterocycles. The van der Waals surface area contributed by atoms with E-state index in [1.54, 1.807) is 0 Å². The number of benzene rings is 1. The molecule has 0 saturated carbocycles. The average molecular weight is 438 g/mol. The predicted molar refractivity (Wildman–Crippen MR) is 96.0 cm³/mol. The minimum absolute atomic E-state index is 0.165. The summed E-state index contributed by atoms with van der Waals surface area (Å²) in [6.45, 7) is 5.27. The van der Waals surface area contributed by atoms with Gasteiger partial charge in [0.25, 0.3) is 0 Å². The minimum atomic E-state index is 0.165. The molecule has 2 rings (SSSR count). The largest absolute Gasteiger partial charge is 0.306 e. The summed E-state index contributed by atoms with van der Waals surface area (Å²) in [7, 11) is 0. The molecule has 2 aromatic rings. The third-order valence-electron chi connectivity index (χ3n) is 3.03. The number of aryl methyl sites for hydroxylation is 1. The van der Waals surface area contributed by atoms with Gasteiger partial charge in [-0.25, -0.2) is 0 Å². The Morgan fingerprint density at radius 2 is 2.00 bits per heavy atom. The molecule has 0 amide bonds. The molecule has 1 atom stereocenters. The molecule has 0 aliphatic heterocycles. The van der Waals surface area contributed by atoms with Crippen molar-refractivity contribution in [3.63, 3.8) is 0 Å². The van der Waals surface area contributed by atoms with E-state index in [1.807, 2.05) is 29.5 Å². The Kier molecular flexibility index (Phi) is 6.11. The third kappa shape index (κ3) is 3.86. The molecule has 1 unspecified atom stereocenters. The minimum Gasteiger partial charge on any atom is -0.306 e. The van der Waals surface area contributed by atoms with Gasteiger partial charge in [0.05, 0.1) is 6.04 Å². The van der Waals surface area contributed by atoms with Gasteiger partial charge in [-0.05, 0) is 65.6 Å². The quantitative estimate of drug-likeness (QED) is 0.577. The van der Waals surface area contributed by atoms with Gasteiger partial charge in [0.2, 0.25) is 0 Å². The Morgan fingerprint density at radius 1 is 1.25 bits per heavy atom. The van der Waals surface area contributed by atoms with Crippen LogP contribution in [0.25, 0.3) is 0 Å². The van der Waals surface area contributed by atoms with Gasteiger partial charge in [0, 0.05) is 23.7 Å². The maximum atomic E-state index is 6.16. The summed E-state index contributed by atoms with van der Waals surface area (Å²) in [5, 5.41) is 4.37. The second-order valence-corrected chi connectivity index (χ2v) is 8.04. The number of hydrogen-bond acceptors (Lipinski definition) is 2. The fourth-order valence-corrected chi connectivity index (χ4v) is 4.32. The van der Waals surface area contributed by atoms with Crippen LogP contribution in [0, 0.1) is 6.92 Å². The van der Waals surface area contributed by atoms with E-state index in [1.165, 1.54) is 19.8 Å². The van der Waals surface area contributed by atoms with Crippen LogP contribution in [0.5, 0.6) is 0 Å². The SMILES string of the molecule is CCCNC(c1cc(Br)c(C)s1)c1cc(Cl)ccc1Br. The van der Waals surface area contributed by atoms with Gasteiger partial charge < -0.3 is 5.32 Å². The molecule has 0 aliphatic carbocycles. The molecule has 0 fully saturated rings. The maximum absolute atomic E-state index is 6.16. The summed E-state index contributed by atoms with van der Waals surface area (Å²) >= 11 is 15.2. The van der Waals surface area contributed by atoms with E-state index >= 15 is 0 Å². The van der Waals surface area contributed by atoms with Gasteiger partial charge in [-0.2, -0.15) is 0 Å². The molecule has 5 heteroatoms. The predicted octanol–water partition coefficient (Wildman–Crippen LogP) is 6.32. The first kappa shape index (κ1) is 16.5. The highest BCUT2D eigenvalue weighted by Crippen LogP contribution is 2.37. The standard InChI is InChI=1S/C15H16Br2ClNS/c1-3-6-19-15(14-8-13(17)9(2)20-14)11-7-10(18)4-5-12(11)16/h4-5,7-8,15,19H,3,6H2,1-2H3. The first-order chi connectivity index (χ1) is 9.52. The number of rotatable bonds is 5. The van der Waals surface area contributed by atoms with Crippen LogP contribution in [0.2, 0.25) is 5.02 Å². The van der Waals surface area contributed by atoms with E-state index in [0.717, 1.165) is 22.5 Å². The zero-order valence-electron chi connectivity index (χ0n) is 11.3. The van der Waals surface area contributed by atoms with Crippen LogP contribution in [0.15, 0.2) is 33.2 Å². The molecule has 1 heterocycles. The molecule has 1 N–H and O–H groups in total. The second-order valence-electron chi connectivity index (χ2n) is 4.61. The molecule has 20 heavy (non-hydrogen) atoms. The molecule has 108 valence electrons. The third-order valence-corrected chi connectivity index (χ3v) is 6.19. The molecule has 1 nitrogen and oxygen atoms in total. The van der Waals surface area contributed by atoms with Crippen LogP contribution in [0.3, 0.4) is 0 Å². The molecular formula is C15H16Br2ClNS. The Balaban J connectivity index is 2.43. The van der Waals surface area contributed by atoms with E-state index < -0.39 is 0 Å². The topological polar surface area (TPSA) is 12.0 Å². The lowest BCUT2D eigenvalue weighted by molar-refractivity contribution is 0.604. The Bertz CT molecular complexity index is 578. The van der Waals surface area contributed by atoms with Crippen molar-refractivity contribution in [2.75, 3.05) is 6.54 Å². The fourth-order valence-electron chi connectivity index (χ4n) is 2.01. The van der Waals surface area contributed by atoms with E-state index in [0.29, 0.717) is 0 Å². The number of hydrogen-bond donors (Lipinski definition) is 1. The van der Waals surface area contributed by atoms with Crippen molar-refractivity contribution in [2.45, 2.75) is 26.3 Å². The zero-order chi connectivity index (χ0) is 14.7. The zero-order valence-corrected chi connectivity index (χ0v) is 16.1. The van der Waals surface area contributed by atoms with Crippen molar-refractivity contribution < 1.29 is 0 Å². The summed E-state index contributed by atoms with van der Waals surface area (Å²) in [6, 6.07) is 8.30. The van der Waals surface area contributed by atoms with Crippen molar-refractivity contribution in [1.82, 2.24) is 5.32 Å². The van der Waals surface area contributed by atoms with Crippen LogP contribution in [0.1, 0.15) is 34.7 Å². The lowest BCUT2D eigenvalue weighted by atomic mass is 10.1. The second kappa shape index (κ2) is 7.41. The van der Waals surface area contributed by atoms with Crippen LogP contribution in [-0.2, 0) is 0 Å². The van der Waals surface area contributed by atoms with Gasteiger partial charge >= 0.3 is 0 Å². The van der Waals surface area contributed by atoms with Crippen molar-refractivity contribution in [2.24, 2.45) is 0 Å². The summed E-state index contributed by atoms with van der Waals surface area (Å²) in [5.74, 6) is 0. The Labute approximate surface area is 146 Å². The highest BCUT2D eigenvalue weighted by molar-refractivity contribution is 9.10. The van der Waals surface area contributed by atoms with Crippen molar-refractivity contribution in [1.29, 1.82) is 0 Å². The summed E-state index contributed by atoms with van der Waals surface area (Å²) in [6.07, 6.45) is 1.10. The van der Waals surface area contributed by atoms with E-state index in [-0.39, 0.29) is 6.04 Å². The van der Waals surface area contributed by atoms with Gasteiger partial charge in [-0.15, -0.1) is 11.3 Å².